The maximum absolute atomic E-state index is 12.3. The van der Waals surface area contributed by atoms with E-state index in [9.17, 15) is 15.0 Å². The Bertz CT molecular complexity index is 634. The molecule has 3 aliphatic heterocycles. The summed E-state index contributed by atoms with van der Waals surface area (Å²) in [6.45, 7) is 7.57. The first kappa shape index (κ1) is 18.4. The molecule has 0 aliphatic carbocycles. The molecule has 2 saturated heterocycles. The van der Waals surface area contributed by atoms with Gasteiger partial charge >= 0.3 is 5.97 Å². The smallest absolute Gasteiger partial charge is 0.334 e. The van der Waals surface area contributed by atoms with Gasteiger partial charge in [0, 0.05) is 17.9 Å². The van der Waals surface area contributed by atoms with Crippen molar-refractivity contribution in [2.45, 2.75) is 69.9 Å². The van der Waals surface area contributed by atoms with Crippen molar-refractivity contribution < 1.29 is 24.5 Å². The van der Waals surface area contributed by atoms with Crippen molar-refractivity contribution in [2.24, 2.45) is 5.92 Å². The van der Waals surface area contributed by atoms with Crippen molar-refractivity contribution in [1.29, 1.82) is 0 Å². The van der Waals surface area contributed by atoms with Gasteiger partial charge in [0.05, 0.1) is 6.61 Å². The van der Waals surface area contributed by atoms with Crippen LogP contribution in [0, 0.1) is 5.92 Å². The number of rotatable bonds is 1. The van der Waals surface area contributed by atoms with Gasteiger partial charge in [-0.3, -0.25) is 0 Å². The molecule has 2 fully saturated rings. The number of fused-ring (bicyclic) bond motifs is 6. The van der Waals surface area contributed by atoms with E-state index in [-0.39, 0.29) is 12.2 Å². The maximum Gasteiger partial charge on any atom is 0.334 e. The highest BCUT2D eigenvalue weighted by Crippen LogP contribution is 2.50. The molecular weight excluding hydrogens is 320 g/mol. The minimum atomic E-state index is -1.55. The summed E-state index contributed by atoms with van der Waals surface area (Å²) in [6, 6.07) is 0. The molecule has 0 saturated carbocycles. The lowest BCUT2D eigenvalue weighted by Crippen LogP contribution is -2.66. The van der Waals surface area contributed by atoms with Gasteiger partial charge in [0.15, 0.2) is 5.79 Å². The van der Waals surface area contributed by atoms with Gasteiger partial charge in [0.2, 0.25) is 0 Å². The van der Waals surface area contributed by atoms with Crippen LogP contribution in [0.25, 0.3) is 0 Å². The van der Waals surface area contributed by atoms with Crippen molar-refractivity contribution in [3.8, 4) is 0 Å². The molecule has 4 bridgehead atoms. The number of hydrogen-bond acceptors (Lipinski definition) is 5. The van der Waals surface area contributed by atoms with E-state index in [0.717, 1.165) is 18.4 Å². The van der Waals surface area contributed by atoms with Crippen LogP contribution in [0.4, 0.5) is 0 Å². The molecule has 0 spiro atoms. The zero-order valence-corrected chi connectivity index (χ0v) is 15.1. The summed E-state index contributed by atoms with van der Waals surface area (Å²) < 4.78 is 11.7. The summed E-state index contributed by atoms with van der Waals surface area (Å²) in [5.74, 6) is -2.56. The fourth-order valence-electron chi connectivity index (χ4n) is 4.29. The molecule has 4 atom stereocenters. The molecule has 5 nitrogen and oxygen atoms in total. The van der Waals surface area contributed by atoms with Gasteiger partial charge < -0.3 is 19.7 Å². The third kappa shape index (κ3) is 3.33. The number of hydrogen-bond donors (Lipinski definition) is 2. The van der Waals surface area contributed by atoms with Gasteiger partial charge in [0.25, 0.3) is 0 Å². The average molecular weight is 348 g/mol. The quantitative estimate of drug-likeness (QED) is 0.433. The van der Waals surface area contributed by atoms with E-state index < -0.39 is 29.4 Å². The normalized spacial score (nSPS) is 43.7. The molecule has 138 valence electrons. The lowest BCUT2D eigenvalue weighted by Gasteiger charge is -2.55. The highest BCUT2D eigenvalue weighted by molar-refractivity contribution is 5.89. The van der Waals surface area contributed by atoms with E-state index in [1.807, 2.05) is 6.92 Å². The predicted molar refractivity (Wildman–Crippen MR) is 93.6 cm³/mol. The Morgan fingerprint density at radius 2 is 2.00 bits per heavy atom. The van der Waals surface area contributed by atoms with Gasteiger partial charge in [-0.2, -0.15) is 0 Å². The lowest BCUT2D eigenvalue weighted by molar-refractivity contribution is -0.351. The van der Waals surface area contributed by atoms with Crippen LogP contribution in [0.1, 0.15) is 52.4 Å². The monoisotopic (exact) mass is 348 g/mol. The van der Waals surface area contributed by atoms with Gasteiger partial charge in [-0.05, 0) is 46.0 Å². The summed E-state index contributed by atoms with van der Waals surface area (Å²) in [7, 11) is 0. The van der Waals surface area contributed by atoms with Crippen LogP contribution in [0.5, 0.6) is 0 Å². The molecular formula is C20H28O5. The number of esters is 1. The Labute approximate surface area is 149 Å². The summed E-state index contributed by atoms with van der Waals surface area (Å²) in [5.41, 5.74) is 1.46. The molecule has 0 aromatic rings. The second kappa shape index (κ2) is 6.71. The standard InChI is InChI=1S/C20H28O5/c1-13-6-4-7-14(2)11-20(23)16-10-17(24-18(22)15(16)3)19(12-21,25-20)9-5-8-13/h7-8,16-17,21,23H,3-6,9-12H2,1-2H3/b13-8-,14-7-/t16-,17-,19+,20+/m1/s1. The van der Waals surface area contributed by atoms with Crippen molar-refractivity contribution >= 4 is 5.97 Å². The summed E-state index contributed by atoms with van der Waals surface area (Å²) in [6.07, 6.45) is 7.47. The van der Waals surface area contributed by atoms with Crippen LogP contribution in [-0.2, 0) is 14.3 Å². The van der Waals surface area contributed by atoms with Crippen molar-refractivity contribution in [3.05, 3.63) is 35.5 Å². The van der Waals surface area contributed by atoms with E-state index in [1.165, 1.54) is 5.57 Å². The number of aliphatic hydroxyl groups is 2. The first-order valence-corrected chi connectivity index (χ1v) is 9.04. The van der Waals surface area contributed by atoms with Crippen molar-refractivity contribution in [2.75, 3.05) is 6.61 Å². The fraction of sp³-hybridized carbons (Fsp3) is 0.650. The van der Waals surface area contributed by atoms with Crippen LogP contribution in [0.2, 0.25) is 0 Å². The minimum Gasteiger partial charge on any atom is -0.456 e. The molecule has 3 aliphatic rings. The molecule has 0 amide bonds. The van der Waals surface area contributed by atoms with Gasteiger partial charge in [-0.1, -0.05) is 29.9 Å². The summed E-state index contributed by atoms with van der Waals surface area (Å²) >= 11 is 0. The van der Waals surface area contributed by atoms with Gasteiger partial charge in [-0.25, -0.2) is 4.79 Å². The van der Waals surface area contributed by atoms with E-state index in [0.29, 0.717) is 25.7 Å². The SMILES string of the molecule is C=C1C(=O)O[C@@H]2C[C@H]1[C@]1(O)C/C(C)=C\CC/C(C)=C\CC[C@@]2(CO)O1. The molecule has 5 heteroatoms. The predicted octanol–water partition coefficient (Wildman–Crippen LogP) is 2.78. The Morgan fingerprint density at radius 3 is 2.72 bits per heavy atom. The molecule has 25 heavy (non-hydrogen) atoms. The maximum atomic E-state index is 12.3. The van der Waals surface area contributed by atoms with E-state index in [2.05, 4.69) is 25.7 Å². The molecule has 0 aromatic carbocycles. The lowest BCUT2D eigenvalue weighted by atomic mass is 9.72. The van der Waals surface area contributed by atoms with Crippen LogP contribution >= 0.6 is 0 Å². The minimum absolute atomic E-state index is 0.251. The molecule has 2 N–H and O–H groups in total. The Balaban J connectivity index is 2.03. The zero-order valence-electron chi connectivity index (χ0n) is 15.1. The number of ether oxygens (including phenoxy) is 2. The third-order valence-electron chi connectivity index (χ3n) is 5.78. The molecule has 0 aromatic heterocycles. The topological polar surface area (TPSA) is 76.0 Å². The highest BCUT2D eigenvalue weighted by atomic mass is 16.7. The van der Waals surface area contributed by atoms with Crippen LogP contribution < -0.4 is 0 Å². The Morgan fingerprint density at radius 1 is 1.28 bits per heavy atom. The Hall–Kier alpha value is -1.43. The first-order valence-electron chi connectivity index (χ1n) is 9.04. The van der Waals surface area contributed by atoms with E-state index >= 15 is 0 Å². The number of carbonyl (C=O) groups is 1. The summed E-state index contributed by atoms with van der Waals surface area (Å²) in [5, 5.41) is 21.5. The number of aliphatic hydroxyl groups excluding tert-OH is 1. The largest absolute Gasteiger partial charge is 0.456 e. The molecule has 0 unspecified atom stereocenters. The van der Waals surface area contributed by atoms with Crippen LogP contribution in [-0.4, -0.2) is 40.3 Å². The molecule has 3 heterocycles. The van der Waals surface area contributed by atoms with Crippen molar-refractivity contribution in [1.82, 2.24) is 0 Å². The zero-order chi connectivity index (χ0) is 18.2. The van der Waals surface area contributed by atoms with Gasteiger partial charge in [-0.15, -0.1) is 0 Å². The second-order valence-corrected chi connectivity index (χ2v) is 7.73. The van der Waals surface area contributed by atoms with Gasteiger partial charge in [0.1, 0.15) is 11.7 Å². The average Bonchev–Trinajstić information content (AvgIpc) is 2.54. The second-order valence-electron chi connectivity index (χ2n) is 7.73. The number of allylic oxidation sites excluding steroid dienone is 3. The fourth-order valence-corrected chi connectivity index (χ4v) is 4.29. The third-order valence-corrected chi connectivity index (χ3v) is 5.78. The van der Waals surface area contributed by atoms with E-state index in [1.54, 1.807) is 0 Å². The molecule has 3 rings (SSSR count). The Kier molecular flexibility index (Phi) is 4.93. The first-order chi connectivity index (χ1) is 11.8. The van der Waals surface area contributed by atoms with Crippen LogP contribution in [0.15, 0.2) is 35.5 Å². The highest BCUT2D eigenvalue weighted by Gasteiger charge is 2.60. The van der Waals surface area contributed by atoms with Crippen LogP contribution in [0.3, 0.4) is 0 Å². The summed E-state index contributed by atoms with van der Waals surface area (Å²) in [4.78, 5) is 12.3. The number of carbonyl (C=O) groups excluding carboxylic acids is 1. The molecule has 0 radical (unpaired) electrons. The van der Waals surface area contributed by atoms with Crippen molar-refractivity contribution in [3.63, 3.8) is 0 Å². The van der Waals surface area contributed by atoms with E-state index in [4.69, 9.17) is 9.47 Å².